The Morgan fingerprint density at radius 2 is 1.81 bits per heavy atom. The van der Waals surface area contributed by atoms with Gasteiger partial charge in [0.1, 0.15) is 0 Å². The molecule has 2 aromatic rings. The molecule has 0 fully saturated rings. The summed E-state index contributed by atoms with van der Waals surface area (Å²) in [6.07, 6.45) is 0.903. The highest BCUT2D eigenvalue weighted by molar-refractivity contribution is 6.05. The fourth-order valence-corrected chi connectivity index (χ4v) is 2.57. The van der Waals surface area contributed by atoms with Gasteiger partial charge < -0.3 is 10.6 Å². The third-order valence-electron chi connectivity index (χ3n) is 4.18. The number of amides is 1. The maximum atomic E-state index is 12.7. The number of hydrogen-bond donors (Lipinski definition) is 1. The fraction of sp³-hybridized carbons (Fsp3) is 0.389. The van der Waals surface area contributed by atoms with Crippen LogP contribution in [0.2, 0.25) is 0 Å². The largest absolute Gasteiger partial charge is 0.320 e. The number of rotatable bonds is 5. The molecular formula is C18H24N2O. The summed E-state index contributed by atoms with van der Waals surface area (Å²) in [6, 6.07) is 13.7. The maximum absolute atomic E-state index is 12.7. The third kappa shape index (κ3) is 3.08. The number of carbonyl (C=O) groups excluding carboxylic acids is 1. The molecule has 0 saturated heterocycles. The summed E-state index contributed by atoms with van der Waals surface area (Å²) in [7, 11) is 0. The van der Waals surface area contributed by atoms with E-state index in [-0.39, 0.29) is 11.8 Å². The molecule has 0 radical (unpaired) electrons. The van der Waals surface area contributed by atoms with Gasteiger partial charge in [0, 0.05) is 11.9 Å². The molecule has 2 atom stereocenters. The highest BCUT2D eigenvalue weighted by Crippen LogP contribution is 2.27. The lowest BCUT2D eigenvalue weighted by Gasteiger charge is -2.28. The lowest BCUT2D eigenvalue weighted by molar-refractivity contribution is -0.120. The molecule has 0 unspecified atom stereocenters. The van der Waals surface area contributed by atoms with Crippen molar-refractivity contribution in [3.8, 4) is 0 Å². The first kappa shape index (κ1) is 15.5. The first-order valence-corrected chi connectivity index (χ1v) is 7.64. The molecule has 0 aliphatic rings. The summed E-state index contributed by atoms with van der Waals surface area (Å²) in [6.45, 7) is 6.70. The molecule has 0 aliphatic heterocycles. The van der Waals surface area contributed by atoms with Crippen LogP contribution >= 0.6 is 0 Å². The van der Waals surface area contributed by atoms with Gasteiger partial charge in [-0.1, -0.05) is 56.7 Å². The normalized spacial score (nSPS) is 13.9. The van der Waals surface area contributed by atoms with Crippen molar-refractivity contribution in [2.75, 3.05) is 11.4 Å². The molecule has 0 spiro atoms. The van der Waals surface area contributed by atoms with Crippen LogP contribution in [0.5, 0.6) is 0 Å². The van der Waals surface area contributed by atoms with Crippen molar-refractivity contribution < 1.29 is 4.79 Å². The van der Waals surface area contributed by atoms with Crippen molar-refractivity contribution in [1.29, 1.82) is 0 Å². The number of fused-ring (bicyclic) bond motifs is 1. The topological polar surface area (TPSA) is 46.3 Å². The minimum atomic E-state index is -0.450. The van der Waals surface area contributed by atoms with Gasteiger partial charge >= 0.3 is 0 Å². The third-order valence-corrected chi connectivity index (χ3v) is 4.18. The van der Waals surface area contributed by atoms with E-state index in [1.54, 1.807) is 4.90 Å². The molecule has 2 aromatic carbocycles. The monoisotopic (exact) mass is 284 g/mol. The fourth-order valence-electron chi connectivity index (χ4n) is 2.57. The van der Waals surface area contributed by atoms with E-state index in [0.29, 0.717) is 6.54 Å². The predicted molar refractivity (Wildman–Crippen MR) is 89.4 cm³/mol. The second-order valence-corrected chi connectivity index (χ2v) is 5.49. The number of nitrogens with zero attached hydrogens (tertiary/aromatic N) is 1. The zero-order chi connectivity index (χ0) is 15.4. The maximum Gasteiger partial charge on any atom is 0.244 e. The van der Waals surface area contributed by atoms with Gasteiger partial charge in [0.2, 0.25) is 5.91 Å². The summed E-state index contributed by atoms with van der Waals surface area (Å²) in [5.41, 5.74) is 7.08. The van der Waals surface area contributed by atoms with E-state index < -0.39 is 6.04 Å². The van der Waals surface area contributed by atoms with Crippen LogP contribution in [0.15, 0.2) is 42.5 Å². The van der Waals surface area contributed by atoms with E-state index in [4.69, 9.17) is 5.73 Å². The van der Waals surface area contributed by atoms with Crippen molar-refractivity contribution >= 4 is 22.4 Å². The van der Waals surface area contributed by atoms with Crippen LogP contribution in [0.3, 0.4) is 0 Å². The summed E-state index contributed by atoms with van der Waals surface area (Å²) in [5.74, 6) is 0.185. The molecule has 2 rings (SSSR count). The van der Waals surface area contributed by atoms with Gasteiger partial charge in [-0.2, -0.15) is 0 Å². The van der Waals surface area contributed by atoms with E-state index in [2.05, 4.69) is 25.1 Å². The molecule has 0 aliphatic carbocycles. The lowest BCUT2D eigenvalue weighted by Crippen LogP contribution is -2.47. The Kier molecular flexibility index (Phi) is 4.97. The van der Waals surface area contributed by atoms with Gasteiger partial charge in [0.05, 0.1) is 11.7 Å². The first-order chi connectivity index (χ1) is 10.1. The molecule has 0 saturated carbocycles. The van der Waals surface area contributed by atoms with E-state index in [9.17, 15) is 4.79 Å². The van der Waals surface area contributed by atoms with Crippen LogP contribution in [0, 0.1) is 5.92 Å². The van der Waals surface area contributed by atoms with E-state index >= 15 is 0 Å². The standard InChI is InChI=1S/C18H24N2O/c1-4-13(3)17(19)18(21)20(5-2)16-12-8-10-14-9-6-7-11-15(14)16/h6-13,17H,4-5,19H2,1-3H3/t13-,17-/m0/s1. The Labute approximate surface area is 126 Å². The first-order valence-electron chi connectivity index (χ1n) is 7.64. The molecule has 0 heterocycles. The van der Waals surface area contributed by atoms with E-state index in [1.165, 1.54) is 0 Å². The molecule has 1 amide bonds. The Bertz CT molecular complexity index is 618. The summed E-state index contributed by atoms with van der Waals surface area (Å²) in [5, 5.41) is 2.23. The van der Waals surface area contributed by atoms with Crippen LogP contribution in [-0.4, -0.2) is 18.5 Å². The van der Waals surface area contributed by atoms with Crippen molar-refractivity contribution in [2.45, 2.75) is 33.2 Å². The smallest absolute Gasteiger partial charge is 0.244 e. The van der Waals surface area contributed by atoms with Gasteiger partial charge in [-0.3, -0.25) is 4.79 Å². The van der Waals surface area contributed by atoms with Crippen molar-refractivity contribution in [3.63, 3.8) is 0 Å². The van der Waals surface area contributed by atoms with Crippen LogP contribution in [0.1, 0.15) is 27.2 Å². The quantitative estimate of drug-likeness (QED) is 0.912. The average molecular weight is 284 g/mol. The van der Waals surface area contributed by atoms with Crippen LogP contribution < -0.4 is 10.6 Å². The predicted octanol–water partition coefficient (Wildman–Crippen LogP) is 3.57. The number of nitrogens with two attached hydrogens (primary N) is 1. The average Bonchev–Trinajstić information content (AvgIpc) is 2.54. The number of anilines is 1. The Morgan fingerprint density at radius 3 is 2.48 bits per heavy atom. The molecular weight excluding hydrogens is 260 g/mol. The molecule has 0 bridgehead atoms. The van der Waals surface area contributed by atoms with Crippen molar-refractivity contribution in [2.24, 2.45) is 11.7 Å². The Balaban J connectivity index is 2.42. The van der Waals surface area contributed by atoms with Crippen molar-refractivity contribution in [1.82, 2.24) is 0 Å². The lowest BCUT2D eigenvalue weighted by atomic mass is 9.98. The van der Waals surface area contributed by atoms with Gasteiger partial charge in [-0.05, 0) is 24.3 Å². The van der Waals surface area contributed by atoms with Crippen molar-refractivity contribution in [3.05, 3.63) is 42.5 Å². The molecule has 21 heavy (non-hydrogen) atoms. The molecule has 3 nitrogen and oxygen atoms in total. The second-order valence-electron chi connectivity index (χ2n) is 5.49. The van der Waals surface area contributed by atoms with E-state index in [1.807, 2.05) is 38.1 Å². The Morgan fingerprint density at radius 1 is 1.14 bits per heavy atom. The molecule has 112 valence electrons. The Hall–Kier alpha value is -1.87. The number of likely N-dealkylation sites (N-methyl/N-ethyl adjacent to an activating group) is 1. The van der Waals surface area contributed by atoms with Gasteiger partial charge in [-0.15, -0.1) is 0 Å². The molecule has 2 N–H and O–H groups in total. The highest BCUT2D eigenvalue weighted by Gasteiger charge is 2.25. The zero-order valence-electron chi connectivity index (χ0n) is 13.0. The van der Waals surface area contributed by atoms with Crippen LogP contribution in [-0.2, 0) is 4.79 Å². The number of carbonyl (C=O) groups is 1. The van der Waals surface area contributed by atoms with Crippen LogP contribution in [0.25, 0.3) is 10.8 Å². The molecule has 0 aromatic heterocycles. The van der Waals surface area contributed by atoms with Gasteiger partial charge in [-0.25, -0.2) is 0 Å². The minimum absolute atomic E-state index is 0.00297. The van der Waals surface area contributed by atoms with Crippen LogP contribution in [0.4, 0.5) is 5.69 Å². The zero-order valence-corrected chi connectivity index (χ0v) is 13.0. The highest BCUT2D eigenvalue weighted by atomic mass is 16.2. The van der Waals surface area contributed by atoms with Gasteiger partial charge in [0.15, 0.2) is 0 Å². The van der Waals surface area contributed by atoms with E-state index in [0.717, 1.165) is 22.9 Å². The second kappa shape index (κ2) is 6.72. The number of hydrogen-bond acceptors (Lipinski definition) is 2. The summed E-state index contributed by atoms with van der Waals surface area (Å²) >= 11 is 0. The summed E-state index contributed by atoms with van der Waals surface area (Å²) in [4.78, 5) is 14.5. The SMILES string of the molecule is CC[C@H](C)[C@H](N)C(=O)N(CC)c1cccc2ccccc12. The number of benzene rings is 2. The summed E-state index contributed by atoms with van der Waals surface area (Å²) < 4.78 is 0. The van der Waals surface area contributed by atoms with Gasteiger partial charge in [0.25, 0.3) is 0 Å². The molecule has 3 heteroatoms. The minimum Gasteiger partial charge on any atom is -0.320 e.